The lowest BCUT2D eigenvalue weighted by Crippen LogP contribution is -2.70. The summed E-state index contributed by atoms with van der Waals surface area (Å²) in [6.45, 7) is 0. The molecule has 0 aliphatic rings. The molecular weight excluding hydrogens is 466 g/mol. The minimum Gasteiger partial charge on any atom is -0.497 e. The molecule has 0 atom stereocenters. The van der Waals surface area contributed by atoms with E-state index in [-0.39, 0.29) is 0 Å². The number of alkyl halides is 3. The number of halogens is 7. The second-order valence-electron chi connectivity index (χ2n) is 6.95. The summed E-state index contributed by atoms with van der Waals surface area (Å²) in [7, 11) is -4.41. The van der Waals surface area contributed by atoms with Gasteiger partial charge in [-0.2, -0.15) is 13.2 Å². The Labute approximate surface area is 189 Å². The molecule has 4 aromatic rings. The van der Waals surface area contributed by atoms with Crippen LogP contribution in [0.25, 0.3) is 22.3 Å². The summed E-state index contributed by atoms with van der Waals surface area (Å²) in [4.78, 5) is 3.11. The van der Waals surface area contributed by atoms with E-state index in [2.05, 4.69) is 4.99 Å². The first-order valence-electron chi connectivity index (χ1n) is 9.76. The molecule has 34 heavy (non-hydrogen) atoms. The van der Waals surface area contributed by atoms with E-state index in [1.54, 1.807) is 19.2 Å². The maximum absolute atomic E-state index is 13.1. The number of para-hydroxylation sites is 1. The first kappa shape index (κ1) is 24.9. The molecule has 3 nitrogen and oxygen atoms in total. The third kappa shape index (κ3) is 6.87. The van der Waals surface area contributed by atoms with Crippen molar-refractivity contribution in [2.75, 3.05) is 7.11 Å². The van der Waals surface area contributed by atoms with Gasteiger partial charge in [0.2, 0.25) is 11.0 Å². The van der Waals surface area contributed by atoms with Gasteiger partial charge in [-0.25, -0.2) is 4.99 Å². The van der Waals surface area contributed by atoms with Gasteiger partial charge < -0.3 is 26.4 Å². The van der Waals surface area contributed by atoms with Gasteiger partial charge in [-0.05, 0) is 42.5 Å². The molecule has 0 saturated carbocycles. The summed E-state index contributed by atoms with van der Waals surface area (Å²) in [6, 6.07) is 21.6. The van der Waals surface area contributed by atoms with Crippen LogP contribution in [-0.2, 0) is 6.18 Å². The van der Waals surface area contributed by atoms with Gasteiger partial charge in [0.15, 0.2) is 0 Å². The van der Waals surface area contributed by atoms with Crippen LogP contribution in [0.4, 0.5) is 36.1 Å². The molecule has 4 rings (SSSR count). The minimum atomic E-state index is -6.00. The number of methoxy groups -OCH3 is 1. The molecule has 11 heteroatoms. The maximum Gasteiger partial charge on any atom is 0.673 e. The van der Waals surface area contributed by atoms with Gasteiger partial charge in [-0.1, -0.05) is 18.2 Å². The number of hydrogen-bond donors (Lipinski definition) is 1. The van der Waals surface area contributed by atoms with E-state index >= 15 is 0 Å². The molecule has 0 saturated heterocycles. The Hall–Kier alpha value is -3.76. The number of nitrogens with one attached hydrogen (secondary N) is 1. The Kier molecular flexibility index (Phi) is 7.33. The van der Waals surface area contributed by atoms with Crippen molar-refractivity contribution in [2.45, 2.75) is 6.18 Å². The Bertz CT molecular complexity index is 1320. The molecule has 0 bridgehead atoms. The Morgan fingerprint density at radius 2 is 1.47 bits per heavy atom. The molecule has 3 aromatic carbocycles. The van der Waals surface area contributed by atoms with E-state index in [0.717, 1.165) is 28.8 Å². The van der Waals surface area contributed by atoms with E-state index in [4.69, 9.17) is 9.15 Å². The maximum atomic E-state index is 13.1. The number of rotatable bonds is 3. The molecule has 1 heterocycles. The first-order valence-corrected chi connectivity index (χ1v) is 9.76. The van der Waals surface area contributed by atoms with E-state index in [1.807, 2.05) is 48.5 Å². The second kappa shape index (κ2) is 10.0. The standard InChI is InChI=1S/C23H16F3NO2.BF4/c1-28-18-11-9-15(10-12-18)22-14-20(19-7-2-3-8-21(19)29-22)27-17-6-4-5-16(13-17)23(24,25)26;2-1(3,4)5/h2-14H,1H3;/q;-1/p+1. The lowest BCUT2D eigenvalue weighted by molar-refractivity contribution is -0.401. The summed E-state index contributed by atoms with van der Waals surface area (Å²) in [5, 5.41) is 1.42. The van der Waals surface area contributed by atoms with Crippen molar-refractivity contribution in [3.05, 3.63) is 89.8 Å². The van der Waals surface area contributed by atoms with Gasteiger partial charge in [0, 0.05) is 17.7 Å². The Morgan fingerprint density at radius 1 is 0.824 bits per heavy atom. The van der Waals surface area contributed by atoms with Gasteiger partial charge in [0.1, 0.15) is 17.1 Å². The monoisotopic (exact) mass is 483 g/mol. The lowest BCUT2D eigenvalue weighted by atomic mass is 10.1. The quantitative estimate of drug-likeness (QED) is 0.298. The molecule has 0 aliphatic carbocycles. The molecule has 0 amide bonds. The van der Waals surface area contributed by atoms with Gasteiger partial charge in [0.25, 0.3) is 0 Å². The molecule has 0 fully saturated rings. The molecule has 0 unspecified atom stereocenters. The predicted molar refractivity (Wildman–Crippen MR) is 114 cm³/mol. The van der Waals surface area contributed by atoms with Crippen LogP contribution in [0, 0.1) is 0 Å². The molecule has 0 aliphatic heterocycles. The molecule has 1 N–H and O–H groups in total. The summed E-state index contributed by atoms with van der Waals surface area (Å²) < 4.78 is 89.4. The summed E-state index contributed by atoms with van der Waals surface area (Å²) >= 11 is 0. The van der Waals surface area contributed by atoms with Crippen molar-refractivity contribution in [3.63, 3.8) is 0 Å². The highest BCUT2D eigenvalue weighted by Gasteiger charge is 2.31. The first-order chi connectivity index (χ1) is 15.9. The summed E-state index contributed by atoms with van der Waals surface area (Å²) in [6.07, 6.45) is -4.40. The highest BCUT2D eigenvalue weighted by atomic mass is 19.5. The van der Waals surface area contributed by atoms with Crippen LogP contribution in [0.3, 0.4) is 0 Å². The average molecular weight is 483 g/mol. The fraction of sp³-hybridized carbons (Fsp3) is 0.0870. The van der Waals surface area contributed by atoms with E-state index in [1.165, 1.54) is 6.07 Å². The molecule has 178 valence electrons. The van der Waals surface area contributed by atoms with Crippen LogP contribution in [0.1, 0.15) is 5.56 Å². The van der Waals surface area contributed by atoms with Crippen LogP contribution in [0.5, 0.6) is 5.75 Å². The zero-order valence-electron chi connectivity index (χ0n) is 17.5. The van der Waals surface area contributed by atoms with Gasteiger partial charge in [0.05, 0.1) is 24.1 Å². The van der Waals surface area contributed by atoms with Crippen LogP contribution in [0.2, 0.25) is 0 Å². The number of fused-ring (bicyclic) bond motifs is 1. The van der Waals surface area contributed by atoms with Crippen molar-refractivity contribution in [3.8, 4) is 17.1 Å². The topological polar surface area (TPSA) is 36.3 Å². The molecule has 0 spiro atoms. The molecule has 0 radical (unpaired) electrons. The highest BCUT2D eigenvalue weighted by Crippen LogP contribution is 2.29. The summed E-state index contributed by atoms with van der Waals surface area (Å²) in [5.74, 6) is 1.30. The number of hydrogen-bond acceptors (Lipinski definition) is 2. The van der Waals surface area contributed by atoms with E-state index in [9.17, 15) is 30.4 Å². The predicted octanol–water partition coefficient (Wildman–Crippen LogP) is 5.74. The van der Waals surface area contributed by atoms with Crippen molar-refractivity contribution < 1.29 is 44.6 Å². The fourth-order valence-electron chi connectivity index (χ4n) is 3.06. The van der Waals surface area contributed by atoms with Gasteiger partial charge in [-0.15, -0.1) is 0 Å². The zero-order chi connectivity index (χ0) is 24.9. The van der Waals surface area contributed by atoms with E-state index in [0.29, 0.717) is 22.4 Å². The third-order valence-electron chi connectivity index (χ3n) is 4.52. The van der Waals surface area contributed by atoms with Crippen LogP contribution in [-0.4, -0.2) is 14.4 Å². The largest absolute Gasteiger partial charge is 0.673 e. The van der Waals surface area contributed by atoms with Gasteiger partial charge in [-0.3, -0.25) is 0 Å². The lowest BCUT2D eigenvalue weighted by Gasteiger charge is -2.05. The van der Waals surface area contributed by atoms with Crippen molar-refractivity contribution in [1.29, 1.82) is 0 Å². The minimum absolute atomic E-state index is 0.344. The SMILES string of the molecule is COc1ccc(-c2cc(=[NH+]c3cccc(C(F)(F)F)c3)c3ccccc3o2)cc1.F[B-](F)(F)F. The van der Waals surface area contributed by atoms with Crippen molar-refractivity contribution >= 4 is 23.9 Å². The molecular formula is C23H17BF7NO2. The summed E-state index contributed by atoms with van der Waals surface area (Å²) in [5.41, 5.74) is 1.08. The zero-order valence-corrected chi connectivity index (χ0v) is 17.5. The third-order valence-corrected chi connectivity index (χ3v) is 4.52. The smallest absolute Gasteiger partial charge is 0.497 e. The van der Waals surface area contributed by atoms with Crippen LogP contribution in [0.15, 0.2) is 83.3 Å². The van der Waals surface area contributed by atoms with Crippen LogP contribution < -0.4 is 15.1 Å². The average Bonchev–Trinajstić information content (AvgIpc) is 2.77. The van der Waals surface area contributed by atoms with Crippen molar-refractivity contribution in [2.24, 2.45) is 0 Å². The van der Waals surface area contributed by atoms with Crippen LogP contribution >= 0.6 is 0 Å². The Balaban J connectivity index is 0.000000588. The highest BCUT2D eigenvalue weighted by molar-refractivity contribution is 6.50. The van der Waals surface area contributed by atoms with Crippen molar-refractivity contribution in [1.82, 2.24) is 0 Å². The second-order valence-corrected chi connectivity index (χ2v) is 6.95. The normalized spacial score (nSPS) is 12.3. The number of ether oxygens (including phenoxy) is 1. The molecule has 1 aromatic heterocycles. The number of benzene rings is 3. The van der Waals surface area contributed by atoms with E-state index < -0.39 is 19.0 Å². The van der Waals surface area contributed by atoms with Gasteiger partial charge >= 0.3 is 13.4 Å². The Morgan fingerprint density at radius 3 is 2.09 bits per heavy atom. The fourth-order valence-corrected chi connectivity index (χ4v) is 3.06.